The molecule has 1 fully saturated rings. The standard InChI is InChI=1S/C18H26N2O2/c1-14-8-6-7-9-16(14)12-20(15(2)21)13-18(22)19-17-10-4-3-5-11-17/h6-9,17H,3-5,10-13H2,1-2H3,(H,19,22). The van der Waals surface area contributed by atoms with Crippen LogP contribution in [0.15, 0.2) is 24.3 Å². The van der Waals surface area contributed by atoms with Crippen LogP contribution >= 0.6 is 0 Å². The predicted octanol–water partition coefficient (Wildman–Crippen LogP) is 2.79. The lowest BCUT2D eigenvalue weighted by Gasteiger charge is -2.26. The van der Waals surface area contributed by atoms with Gasteiger partial charge in [-0.15, -0.1) is 0 Å². The third-order valence-corrected chi connectivity index (χ3v) is 4.37. The van der Waals surface area contributed by atoms with Gasteiger partial charge in [0.15, 0.2) is 0 Å². The van der Waals surface area contributed by atoms with Crippen molar-refractivity contribution in [2.24, 2.45) is 0 Å². The van der Waals surface area contributed by atoms with E-state index < -0.39 is 0 Å². The van der Waals surface area contributed by atoms with Crippen LogP contribution in [0.1, 0.15) is 50.2 Å². The molecule has 0 atom stereocenters. The SMILES string of the molecule is CC(=O)N(CC(=O)NC1CCCCC1)Cc1ccccc1C. The Bertz CT molecular complexity index is 522. The lowest BCUT2D eigenvalue weighted by molar-refractivity contribution is -0.135. The molecule has 0 radical (unpaired) electrons. The first-order chi connectivity index (χ1) is 10.6. The van der Waals surface area contributed by atoms with Gasteiger partial charge in [0.25, 0.3) is 0 Å². The summed E-state index contributed by atoms with van der Waals surface area (Å²) in [7, 11) is 0. The number of aryl methyl sites for hydroxylation is 1. The maximum Gasteiger partial charge on any atom is 0.239 e. The zero-order valence-corrected chi connectivity index (χ0v) is 13.6. The summed E-state index contributed by atoms with van der Waals surface area (Å²) in [6.45, 7) is 4.17. The number of benzene rings is 1. The number of hydrogen-bond acceptors (Lipinski definition) is 2. The summed E-state index contributed by atoms with van der Waals surface area (Å²) in [6.07, 6.45) is 5.75. The van der Waals surface area contributed by atoms with Gasteiger partial charge in [-0.05, 0) is 30.9 Å². The van der Waals surface area contributed by atoms with E-state index in [9.17, 15) is 9.59 Å². The lowest BCUT2D eigenvalue weighted by atomic mass is 9.95. The Labute approximate surface area is 132 Å². The highest BCUT2D eigenvalue weighted by molar-refractivity contribution is 5.83. The van der Waals surface area contributed by atoms with Gasteiger partial charge in [0.1, 0.15) is 0 Å². The van der Waals surface area contributed by atoms with Crippen molar-refractivity contribution in [1.29, 1.82) is 0 Å². The second-order valence-electron chi connectivity index (χ2n) is 6.20. The average Bonchev–Trinajstić information content (AvgIpc) is 2.49. The van der Waals surface area contributed by atoms with Crippen LogP contribution in [0.2, 0.25) is 0 Å². The number of hydrogen-bond donors (Lipinski definition) is 1. The fourth-order valence-electron chi connectivity index (χ4n) is 2.97. The predicted molar refractivity (Wildman–Crippen MR) is 87.3 cm³/mol. The average molecular weight is 302 g/mol. The van der Waals surface area contributed by atoms with Gasteiger partial charge in [0, 0.05) is 19.5 Å². The highest BCUT2D eigenvalue weighted by Crippen LogP contribution is 2.17. The van der Waals surface area contributed by atoms with Gasteiger partial charge in [0.05, 0.1) is 6.54 Å². The second kappa shape index (κ2) is 7.97. The van der Waals surface area contributed by atoms with Crippen LogP contribution in [0.3, 0.4) is 0 Å². The summed E-state index contributed by atoms with van der Waals surface area (Å²) in [4.78, 5) is 25.6. The third-order valence-electron chi connectivity index (χ3n) is 4.37. The number of carbonyl (C=O) groups excluding carboxylic acids is 2. The molecule has 1 N–H and O–H groups in total. The molecular weight excluding hydrogens is 276 g/mol. The van der Waals surface area contributed by atoms with Gasteiger partial charge in [0.2, 0.25) is 11.8 Å². The van der Waals surface area contributed by atoms with E-state index in [1.807, 2.05) is 31.2 Å². The van der Waals surface area contributed by atoms with Crippen molar-refractivity contribution in [3.05, 3.63) is 35.4 Å². The van der Waals surface area contributed by atoms with Crippen molar-refractivity contribution in [3.63, 3.8) is 0 Å². The highest BCUT2D eigenvalue weighted by Gasteiger charge is 2.19. The summed E-state index contributed by atoms with van der Waals surface area (Å²) in [5, 5.41) is 3.07. The van der Waals surface area contributed by atoms with Crippen molar-refractivity contribution >= 4 is 11.8 Å². The molecule has 0 saturated heterocycles. The monoisotopic (exact) mass is 302 g/mol. The quantitative estimate of drug-likeness (QED) is 0.909. The van der Waals surface area contributed by atoms with Crippen molar-refractivity contribution in [3.8, 4) is 0 Å². The van der Waals surface area contributed by atoms with E-state index in [0.29, 0.717) is 6.54 Å². The Morgan fingerprint density at radius 3 is 2.50 bits per heavy atom. The number of nitrogens with one attached hydrogen (secondary N) is 1. The summed E-state index contributed by atoms with van der Waals surface area (Å²) in [5.41, 5.74) is 2.23. The molecule has 1 aromatic rings. The van der Waals surface area contributed by atoms with Crippen LogP contribution in [0.4, 0.5) is 0 Å². The molecule has 22 heavy (non-hydrogen) atoms. The molecule has 1 aliphatic rings. The molecule has 4 heteroatoms. The summed E-state index contributed by atoms with van der Waals surface area (Å²) in [5.74, 6) is -0.113. The van der Waals surface area contributed by atoms with Crippen molar-refractivity contribution < 1.29 is 9.59 Å². The minimum atomic E-state index is -0.0675. The molecule has 1 aromatic carbocycles. The van der Waals surface area contributed by atoms with E-state index in [0.717, 1.165) is 24.0 Å². The zero-order chi connectivity index (χ0) is 15.9. The molecule has 4 nitrogen and oxygen atoms in total. The third kappa shape index (κ3) is 4.86. The van der Waals surface area contributed by atoms with E-state index in [4.69, 9.17) is 0 Å². The summed E-state index contributed by atoms with van der Waals surface area (Å²) >= 11 is 0. The number of rotatable bonds is 5. The summed E-state index contributed by atoms with van der Waals surface area (Å²) in [6, 6.07) is 8.25. The largest absolute Gasteiger partial charge is 0.352 e. The molecule has 2 amide bonds. The maximum absolute atomic E-state index is 12.2. The van der Waals surface area contributed by atoms with Crippen LogP contribution < -0.4 is 5.32 Å². The molecule has 2 rings (SSSR count). The van der Waals surface area contributed by atoms with Gasteiger partial charge in [-0.25, -0.2) is 0 Å². The molecular formula is C18H26N2O2. The van der Waals surface area contributed by atoms with Crippen molar-refractivity contribution in [1.82, 2.24) is 10.2 Å². The van der Waals surface area contributed by atoms with Crippen LogP contribution in [0, 0.1) is 6.92 Å². The van der Waals surface area contributed by atoms with Gasteiger partial charge < -0.3 is 10.2 Å². The van der Waals surface area contributed by atoms with Crippen molar-refractivity contribution in [2.75, 3.05) is 6.54 Å². The first-order valence-electron chi connectivity index (χ1n) is 8.15. The van der Waals surface area contributed by atoms with E-state index in [1.54, 1.807) is 4.90 Å². The van der Waals surface area contributed by atoms with E-state index >= 15 is 0 Å². The Morgan fingerprint density at radius 1 is 1.18 bits per heavy atom. The fourth-order valence-corrected chi connectivity index (χ4v) is 2.97. The second-order valence-corrected chi connectivity index (χ2v) is 6.20. The van der Waals surface area contributed by atoms with Gasteiger partial charge >= 0.3 is 0 Å². The van der Waals surface area contributed by atoms with Gasteiger partial charge in [-0.1, -0.05) is 43.5 Å². The first-order valence-corrected chi connectivity index (χ1v) is 8.15. The molecule has 0 aliphatic heterocycles. The zero-order valence-electron chi connectivity index (χ0n) is 13.6. The normalized spacial score (nSPS) is 15.4. The van der Waals surface area contributed by atoms with Gasteiger partial charge in [-0.2, -0.15) is 0 Å². The number of amides is 2. The van der Waals surface area contributed by atoms with Crippen LogP contribution in [-0.4, -0.2) is 29.3 Å². The van der Waals surface area contributed by atoms with E-state index in [1.165, 1.54) is 26.2 Å². The first kappa shape index (κ1) is 16.5. The molecule has 1 aliphatic carbocycles. The Balaban J connectivity index is 1.92. The minimum Gasteiger partial charge on any atom is -0.352 e. The molecule has 0 heterocycles. The van der Waals surface area contributed by atoms with Gasteiger partial charge in [-0.3, -0.25) is 9.59 Å². The molecule has 1 saturated carbocycles. The highest BCUT2D eigenvalue weighted by atomic mass is 16.2. The Hall–Kier alpha value is -1.84. The molecule has 0 bridgehead atoms. The number of nitrogens with zero attached hydrogens (tertiary/aromatic N) is 1. The molecule has 0 spiro atoms. The Kier molecular flexibility index (Phi) is 5.99. The van der Waals surface area contributed by atoms with E-state index in [-0.39, 0.29) is 24.4 Å². The van der Waals surface area contributed by atoms with Crippen LogP contribution in [0.5, 0.6) is 0 Å². The molecule has 120 valence electrons. The fraction of sp³-hybridized carbons (Fsp3) is 0.556. The van der Waals surface area contributed by atoms with Crippen LogP contribution in [0.25, 0.3) is 0 Å². The molecule has 0 unspecified atom stereocenters. The van der Waals surface area contributed by atoms with Crippen molar-refractivity contribution in [2.45, 2.75) is 58.5 Å². The van der Waals surface area contributed by atoms with Crippen LogP contribution in [-0.2, 0) is 16.1 Å². The topological polar surface area (TPSA) is 49.4 Å². The minimum absolute atomic E-state index is 0.0457. The maximum atomic E-state index is 12.2. The van der Waals surface area contributed by atoms with E-state index in [2.05, 4.69) is 5.32 Å². The molecule has 0 aromatic heterocycles. The number of carbonyl (C=O) groups is 2. The summed E-state index contributed by atoms with van der Waals surface area (Å²) < 4.78 is 0. The Morgan fingerprint density at radius 2 is 1.86 bits per heavy atom. The lowest BCUT2D eigenvalue weighted by Crippen LogP contribution is -2.44. The smallest absolute Gasteiger partial charge is 0.239 e.